The third-order valence-corrected chi connectivity index (χ3v) is 6.44. The van der Waals surface area contributed by atoms with Gasteiger partial charge < -0.3 is 20.3 Å². The van der Waals surface area contributed by atoms with Crippen molar-refractivity contribution in [3.05, 3.63) is 18.5 Å². The van der Waals surface area contributed by atoms with Crippen LogP contribution in [0.2, 0.25) is 0 Å². The van der Waals surface area contributed by atoms with Crippen LogP contribution in [0.1, 0.15) is 26.7 Å². The molecule has 1 amide bonds. The lowest BCUT2D eigenvalue weighted by Gasteiger charge is -2.66. The van der Waals surface area contributed by atoms with Crippen LogP contribution >= 0.6 is 0 Å². The number of carbonyl (C=O) groups excluding carboxylic acids is 1. The molecule has 7 heteroatoms. The van der Waals surface area contributed by atoms with Gasteiger partial charge in [0.15, 0.2) is 0 Å². The third-order valence-electron chi connectivity index (χ3n) is 6.44. The maximum Gasteiger partial charge on any atom is 0.243 e. The number of nitrogens with zero attached hydrogens (tertiary/aromatic N) is 4. The third kappa shape index (κ3) is 2.36. The van der Waals surface area contributed by atoms with Crippen LogP contribution in [0.5, 0.6) is 0 Å². The summed E-state index contributed by atoms with van der Waals surface area (Å²) < 4.78 is 5.92. The number of aromatic nitrogens is 2. The Morgan fingerprint density at radius 1 is 1.24 bits per heavy atom. The van der Waals surface area contributed by atoms with E-state index in [1.54, 1.807) is 12.4 Å². The largest absolute Gasteiger partial charge is 0.377 e. The maximum absolute atomic E-state index is 13.3. The van der Waals surface area contributed by atoms with E-state index in [4.69, 9.17) is 10.5 Å². The summed E-state index contributed by atoms with van der Waals surface area (Å²) in [5.41, 5.74) is 5.61. The van der Waals surface area contributed by atoms with Gasteiger partial charge in [0.1, 0.15) is 5.54 Å². The van der Waals surface area contributed by atoms with Crippen LogP contribution in [0.25, 0.3) is 0 Å². The molecule has 2 aliphatic heterocycles. The van der Waals surface area contributed by atoms with Crippen LogP contribution in [-0.2, 0) is 9.53 Å². The smallest absolute Gasteiger partial charge is 0.243 e. The van der Waals surface area contributed by atoms with Crippen LogP contribution in [0.15, 0.2) is 18.5 Å². The number of anilines is 1. The predicted molar refractivity (Wildman–Crippen MR) is 94.0 cm³/mol. The molecule has 4 rings (SSSR count). The van der Waals surface area contributed by atoms with Crippen molar-refractivity contribution in [2.45, 2.75) is 38.3 Å². The molecule has 3 atom stereocenters. The van der Waals surface area contributed by atoms with Crippen LogP contribution in [0, 0.1) is 11.3 Å². The van der Waals surface area contributed by atoms with Gasteiger partial charge in [-0.1, -0.05) is 13.8 Å². The summed E-state index contributed by atoms with van der Waals surface area (Å²) in [6.45, 7) is 7.71. The fraction of sp³-hybridized carbons (Fsp3) is 0.722. The molecule has 7 nitrogen and oxygen atoms in total. The van der Waals surface area contributed by atoms with Crippen LogP contribution in [-0.4, -0.2) is 65.2 Å². The second-order valence-electron chi connectivity index (χ2n) is 7.96. The Kier molecular flexibility index (Phi) is 3.96. The molecule has 0 bridgehead atoms. The van der Waals surface area contributed by atoms with E-state index in [9.17, 15) is 4.79 Å². The Labute approximate surface area is 148 Å². The van der Waals surface area contributed by atoms with Crippen molar-refractivity contribution >= 4 is 11.9 Å². The van der Waals surface area contributed by atoms with Gasteiger partial charge in [-0.2, -0.15) is 0 Å². The molecule has 2 N–H and O–H groups in total. The van der Waals surface area contributed by atoms with E-state index in [1.165, 1.54) is 0 Å². The van der Waals surface area contributed by atoms with E-state index in [-0.39, 0.29) is 23.3 Å². The minimum absolute atomic E-state index is 0.0814. The van der Waals surface area contributed by atoms with Gasteiger partial charge in [-0.25, -0.2) is 9.97 Å². The number of rotatable bonds is 2. The van der Waals surface area contributed by atoms with E-state index >= 15 is 0 Å². The molecule has 3 unspecified atom stereocenters. The molecule has 2 saturated heterocycles. The first-order valence-corrected chi connectivity index (χ1v) is 9.18. The minimum atomic E-state index is -0.816. The zero-order valence-corrected chi connectivity index (χ0v) is 15.0. The maximum atomic E-state index is 13.3. The Hall–Kier alpha value is -1.73. The lowest BCUT2D eigenvalue weighted by atomic mass is 9.46. The van der Waals surface area contributed by atoms with Gasteiger partial charge >= 0.3 is 0 Å². The Balaban J connectivity index is 1.45. The van der Waals surface area contributed by atoms with E-state index in [1.807, 2.05) is 11.0 Å². The van der Waals surface area contributed by atoms with Gasteiger partial charge in [0.2, 0.25) is 11.9 Å². The highest BCUT2D eigenvalue weighted by molar-refractivity contribution is 5.89. The van der Waals surface area contributed by atoms with Gasteiger partial charge in [0.25, 0.3) is 0 Å². The number of amides is 1. The number of ether oxygens (including phenoxy) is 1. The van der Waals surface area contributed by atoms with Gasteiger partial charge in [-0.15, -0.1) is 0 Å². The summed E-state index contributed by atoms with van der Waals surface area (Å²) in [5.74, 6) is 0.943. The van der Waals surface area contributed by atoms with Gasteiger partial charge in [-0.3, -0.25) is 4.79 Å². The van der Waals surface area contributed by atoms with Crippen molar-refractivity contribution in [2.75, 3.05) is 37.7 Å². The zero-order chi connectivity index (χ0) is 17.7. The number of fused-ring (bicyclic) bond motifs is 1. The molecule has 136 valence electrons. The summed E-state index contributed by atoms with van der Waals surface area (Å²) in [6.07, 6.45) is 5.56. The number of carbonyl (C=O) groups is 1. The fourth-order valence-corrected chi connectivity index (χ4v) is 4.84. The van der Waals surface area contributed by atoms with Crippen molar-refractivity contribution < 1.29 is 9.53 Å². The number of hydrogen-bond acceptors (Lipinski definition) is 6. The first-order valence-electron chi connectivity index (χ1n) is 9.18. The molecular weight excluding hydrogens is 318 g/mol. The quantitative estimate of drug-likeness (QED) is 0.847. The highest BCUT2D eigenvalue weighted by atomic mass is 16.5. The average molecular weight is 345 g/mol. The molecule has 1 aliphatic carbocycles. The molecule has 3 aliphatic rings. The van der Waals surface area contributed by atoms with E-state index in [2.05, 4.69) is 28.7 Å². The summed E-state index contributed by atoms with van der Waals surface area (Å²) in [5, 5.41) is 0. The van der Waals surface area contributed by atoms with Crippen molar-refractivity contribution in [3.8, 4) is 0 Å². The summed E-state index contributed by atoms with van der Waals surface area (Å²) in [4.78, 5) is 25.9. The molecule has 3 heterocycles. The molecule has 0 aromatic carbocycles. The van der Waals surface area contributed by atoms with Gasteiger partial charge in [0.05, 0.1) is 6.10 Å². The number of hydrogen-bond donors (Lipinski definition) is 1. The SMILES string of the molecule is CC1(C)C2OCCCC2C1(N)C(=O)N1CCN(c2ncccn2)CC1. The predicted octanol–water partition coefficient (Wildman–Crippen LogP) is 0.658. The van der Waals surface area contributed by atoms with Crippen molar-refractivity contribution in [2.24, 2.45) is 17.1 Å². The normalized spacial score (nSPS) is 34.2. The van der Waals surface area contributed by atoms with Crippen molar-refractivity contribution in [3.63, 3.8) is 0 Å². The first-order chi connectivity index (χ1) is 12.0. The highest BCUT2D eigenvalue weighted by Gasteiger charge is 2.70. The topological polar surface area (TPSA) is 84.6 Å². The van der Waals surface area contributed by atoms with Gasteiger partial charge in [-0.05, 0) is 18.9 Å². The Bertz CT molecular complexity index is 644. The molecule has 0 spiro atoms. The summed E-state index contributed by atoms with van der Waals surface area (Å²) in [6, 6.07) is 1.81. The molecular formula is C18H27N5O2. The molecule has 0 radical (unpaired) electrons. The number of nitrogens with two attached hydrogens (primary N) is 1. The molecule has 25 heavy (non-hydrogen) atoms. The molecule has 1 aromatic rings. The van der Waals surface area contributed by atoms with E-state index < -0.39 is 5.54 Å². The highest BCUT2D eigenvalue weighted by Crippen LogP contribution is 2.58. The summed E-state index contributed by atoms with van der Waals surface area (Å²) >= 11 is 0. The van der Waals surface area contributed by atoms with Crippen molar-refractivity contribution in [1.29, 1.82) is 0 Å². The molecule has 3 fully saturated rings. The van der Waals surface area contributed by atoms with E-state index in [0.29, 0.717) is 13.1 Å². The van der Waals surface area contributed by atoms with E-state index in [0.717, 1.165) is 38.5 Å². The van der Waals surface area contributed by atoms with Crippen LogP contribution in [0.3, 0.4) is 0 Å². The minimum Gasteiger partial charge on any atom is -0.377 e. The van der Waals surface area contributed by atoms with Crippen LogP contribution in [0.4, 0.5) is 5.95 Å². The fourth-order valence-electron chi connectivity index (χ4n) is 4.84. The van der Waals surface area contributed by atoms with Crippen LogP contribution < -0.4 is 10.6 Å². The Morgan fingerprint density at radius 3 is 2.60 bits per heavy atom. The molecule has 1 aromatic heterocycles. The van der Waals surface area contributed by atoms with Gasteiger partial charge in [0, 0.05) is 56.5 Å². The Morgan fingerprint density at radius 2 is 1.92 bits per heavy atom. The van der Waals surface area contributed by atoms with Crippen molar-refractivity contribution in [1.82, 2.24) is 14.9 Å². The number of piperazine rings is 1. The first kappa shape index (κ1) is 16.7. The average Bonchev–Trinajstić information content (AvgIpc) is 2.67. The second-order valence-corrected chi connectivity index (χ2v) is 7.96. The second kappa shape index (κ2) is 5.92. The standard InChI is InChI=1S/C18H27N5O2/c1-17(2)14-13(5-3-12-25-14)18(17,19)15(24)22-8-10-23(11-9-22)16-20-6-4-7-21-16/h4,6-7,13-14H,3,5,8-12,19H2,1-2H3. The monoisotopic (exact) mass is 345 g/mol. The molecule has 1 saturated carbocycles. The lowest BCUT2D eigenvalue weighted by Crippen LogP contribution is -2.82. The lowest BCUT2D eigenvalue weighted by molar-refractivity contribution is -0.230. The summed E-state index contributed by atoms with van der Waals surface area (Å²) in [7, 11) is 0. The zero-order valence-electron chi connectivity index (χ0n) is 15.0.